The van der Waals surface area contributed by atoms with Crippen LogP contribution in [0.5, 0.6) is 0 Å². The van der Waals surface area contributed by atoms with Crippen molar-refractivity contribution in [3.63, 3.8) is 0 Å². The second-order valence-electron chi connectivity index (χ2n) is 4.70. The first-order valence-corrected chi connectivity index (χ1v) is 6.92. The van der Waals surface area contributed by atoms with Gasteiger partial charge in [-0.05, 0) is 35.4 Å². The van der Waals surface area contributed by atoms with Crippen molar-refractivity contribution in [2.75, 3.05) is 13.2 Å². The van der Waals surface area contributed by atoms with Crippen LogP contribution in [0, 0.1) is 11.6 Å². The number of ether oxygens (including phenoxy) is 2. The zero-order valence-corrected chi connectivity index (χ0v) is 11.9. The molecule has 0 saturated carbocycles. The SMILES string of the molecule is O=C(OCCc1ccc(F)cc1)OCCc1ccc(F)cc1. The van der Waals surface area contributed by atoms with Gasteiger partial charge in [0.25, 0.3) is 0 Å². The molecule has 0 fully saturated rings. The van der Waals surface area contributed by atoms with Gasteiger partial charge in [0.2, 0.25) is 0 Å². The van der Waals surface area contributed by atoms with Crippen LogP contribution in [0.2, 0.25) is 0 Å². The molecule has 0 heterocycles. The zero-order valence-electron chi connectivity index (χ0n) is 11.9. The van der Waals surface area contributed by atoms with Gasteiger partial charge in [-0.1, -0.05) is 24.3 Å². The van der Waals surface area contributed by atoms with Crippen LogP contribution in [-0.2, 0) is 22.3 Å². The molecule has 0 radical (unpaired) electrons. The topological polar surface area (TPSA) is 35.5 Å². The summed E-state index contributed by atoms with van der Waals surface area (Å²) in [6.07, 6.45) is 0.241. The molecule has 0 unspecified atom stereocenters. The van der Waals surface area contributed by atoms with Crippen molar-refractivity contribution in [1.82, 2.24) is 0 Å². The molecule has 0 bridgehead atoms. The molecule has 2 rings (SSSR count). The summed E-state index contributed by atoms with van der Waals surface area (Å²) in [5, 5.41) is 0. The van der Waals surface area contributed by atoms with E-state index in [1.165, 1.54) is 24.3 Å². The smallest absolute Gasteiger partial charge is 0.434 e. The van der Waals surface area contributed by atoms with Crippen LogP contribution >= 0.6 is 0 Å². The van der Waals surface area contributed by atoms with Crippen molar-refractivity contribution in [2.45, 2.75) is 12.8 Å². The van der Waals surface area contributed by atoms with Gasteiger partial charge < -0.3 is 9.47 Å². The summed E-state index contributed by atoms with van der Waals surface area (Å²) in [6.45, 7) is 0.335. The number of halogens is 2. The predicted molar refractivity (Wildman–Crippen MR) is 77.5 cm³/mol. The van der Waals surface area contributed by atoms with Gasteiger partial charge in [-0.25, -0.2) is 13.6 Å². The lowest BCUT2D eigenvalue weighted by Gasteiger charge is -2.06. The number of benzene rings is 2. The van der Waals surface area contributed by atoms with E-state index in [-0.39, 0.29) is 24.8 Å². The minimum Gasteiger partial charge on any atom is -0.434 e. The molecule has 0 saturated heterocycles. The van der Waals surface area contributed by atoms with Crippen molar-refractivity contribution in [1.29, 1.82) is 0 Å². The maximum absolute atomic E-state index is 12.7. The van der Waals surface area contributed by atoms with Crippen LogP contribution in [0.15, 0.2) is 48.5 Å². The fourth-order valence-corrected chi connectivity index (χ4v) is 1.85. The highest BCUT2D eigenvalue weighted by Crippen LogP contribution is 2.05. The Labute approximate surface area is 127 Å². The Morgan fingerprint density at radius 2 is 1.09 bits per heavy atom. The largest absolute Gasteiger partial charge is 0.508 e. The van der Waals surface area contributed by atoms with Gasteiger partial charge in [0.1, 0.15) is 11.6 Å². The van der Waals surface area contributed by atoms with Crippen molar-refractivity contribution >= 4 is 6.16 Å². The van der Waals surface area contributed by atoms with Crippen LogP contribution in [0.4, 0.5) is 13.6 Å². The van der Waals surface area contributed by atoms with E-state index in [2.05, 4.69) is 0 Å². The summed E-state index contributed by atoms with van der Waals surface area (Å²) >= 11 is 0. The average molecular weight is 306 g/mol. The normalized spacial score (nSPS) is 10.3. The van der Waals surface area contributed by atoms with E-state index < -0.39 is 6.16 Å². The highest BCUT2D eigenvalue weighted by molar-refractivity contribution is 5.59. The Morgan fingerprint density at radius 3 is 1.45 bits per heavy atom. The van der Waals surface area contributed by atoms with Gasteiger partial charge in [0, 0.05) is 12.8 Å². The maximum atomic E-state index is 12.7. The van der Waals surface area contributed by atoms with E-state index in [1.54, 1.807) is 24.3 Å². The highest BCUT2D eigenvalue weighted by atomic mass is 19.1. The highest BCUT2D eigenvalue weighted by Gasteiger charge is 2.04. The molecule has 0 N–H and O–H groups in total. The summed E-state index contributed by atoms with van der Waals surface area (Å²) in [6, 6.07) is 12.0. The second-order valence-corrected chi connectivity index (χ2v) is 4.70. The first-order chi connectivity index (χ1) is 10.6. The molecule has 0 spiro atoms. The fraction of sp³-hybridized carbons (Fsp3) is 0.235. The average Bonchev–Trinajstić information content (AvgIpc) is 2.51. The number of hydrogen-bond donors (Lipinski definition) is 0. The summed E-state index contributed by atoms with van der Waals surface area (Å²) in [7, 11) is 0. The quantitative estimate of drug-likeness (QED) is 0.759. The summed E-state index contributed by atoms with van der Waals surface area (Å²) in [4.78, 5) is 11.4. The third kappa shape index (κ3) is 5.52. The van der Waals surface area contributed by atoms with Crippen LogP contribution in [0.25, 0.3) is 0 Å². The first kappa shape index (κ1) is 15.9. The minimum atomic E-state index is -0.746. The molecule has 2 aromatic carbocycles. The molecule has 0 aliphatic carbocycles. The second kappa shape index (κ2) is 8.12. The predicted octanol–water partition coefficient (Wildman–Crippen LogP) is 3.90. The Morgan fingerprint density at radius 1 is 0.727 bits per heavy atom. The molecule has 0 aliphatic rings. The first-order valence-electron chi connectivity index (χ1n) is 6.92. The van der Waals surface area contributed by atoms with Gasteiger partial charge >= 0.3 is 6.16 Å². The molecular weight excluding hydrogens is 290 g/mol. The molecule has 3 nitrogen and oxygen atoms in total. The van der Waals surface area contributed by atoms with Crippen molar-refractivity contribution in [3.05, 3.63) is 71.3 Å². The van der Waals surface area contributed by atoms with E-state index in [0.717, 1.165) is 11.1 Å². The number of hydrogen-bond acceptors (Lipinski definition) is 3. The van der Waals surface area contributed by atoms with Crippen molar-refractivity contribution in [3.8, 4) is 0 Å². The summed E-state index contributed by atoms with van der Waals surface area (Å²) in [5.74, 6) is -0.602. The molecule has 0 amide bonds. The molecule has 0 aliphatic heterocycles. The summed E-state index contributed by atoms with van der Waals surface area (Å²) < 4.78 is 35.3. The van der Waals surface area contributed by atoms with E-state index in [0.29, 0.717) is 12.8 Å². The monoisotopic (exact) mass is 306 g/mol. The lowest BCUT2D eigenvalue weighted by molar-refractivity contribution is 0.0569. The van der Waals surface area contributed by atoms with Crippen LogP contribution in [0.1, 0.15) is 11.1 Å². The van der Waals surface area contributed by atoms with Crippen LogP contribution in [0.3, 0.4) is 0 Å². The Balaban J connectivity index is 1.61. The van der Waals surface area contributed by atoms with Gasteiger partial charge in [-0.3, -0.25) is 0 Å². The number of carbonyl (C=O) groups excluding carboxylic acids is 1. The molecule has 5 heteroatoms. The van der Waals surface area contributed by atoms with E-state index in [1.807, 2.05) is 0 Å². The molecule has 116 valence electrons. The van der Waals surface area contributed by atoms with Crippen LogP contribution < -0.4 is 0 Å². The van der Waals surface area contributed by atoms with E-state index >= 15 is 0 Å². The number of rotatable bonds is 6. The Hall–Kier alpha value is -2.43. The Bertz CT molecular complexity index is 541. The molecule has 0 atom stereocenters. The van der Waals surface area contributed by atoms with Crippen molar-refractivity contribution in [2.24, 2.45) is 0 Å². The van der Waals surface area contributed by atoms with E-state index in [4.69, 9.17) is 9.47 Å². The Kier molecular flexibility index (Phi) is 5.89. The molecule has 2 aromatic rings. The lowest BCUT2D eigenvalue weighted by Crippen LogP contribution is -2.11. The minimum absolute atomic E-state index is 0.168. The molecular formula is C17H16F2O3. The number of carbonyl (C=O) groups is 1. The van der Waals surface area contributed by atoms with Gasteiger partial charge in [0.05, 0.1) is 13.2 Å². The third-order valence-corrected chi connectivity index (χ3v) is 3.05. The van der Waals surface area contributed by atoms with Gasteiger partial charge in [-0.2, -0.15) is 0 Å². The molecule has 0 aromatic heterocycles. The lowest BCUT2D eigenvalue weighted by atomic mass is 10.2. The van der Waals surface area contributed by atoms with Gasteiger partial charge in [-0.15, -0.1) is 0 Å². The fourth-order valence-electron chi connectivity index (χ4n) is 1.85. The van der Waals surface area contributed by atoms with E-state index in [9.17, 15) is 13.6 Å². The molecule has 22 heavy (non-hydrogen) atoms. The summed E-state index contributed by atoms with van der Waals surface area (Å²) in [5.41, 5.74) is 1.75. The third-order valence-electron chi connectivity index (χ3n) is 3.05. The zero-order chi connectivity index (χ0) is 15.8. The van der Waals surface area contributed by atoms with Crippen LogP contribution in [-0.4, -0.2) is 19.4 Å². The van der Waals surface area contributed by atoms with Crippen molar-refractivity contribution < 1.29 is 23.0 Å². The maximum Gasteiger partial charge on any atom is 0.508 e. The standard InChI is InChI=1S/C17H16F2O3/c18-15-5-1-13(2-6-15)9-11-21-17(20)22-12-10-14-3-7-16(19)8-4-14/h1-8H,9-12H2. The van der Waals surface area contributed by atoms with Gasteiger partial charge in [0.15, 0.2) is 0 Å².